The lowest BCUT2D eigenvalue weighted by Gasteiger charge is -2.08. The van der Waals surface area contributed by atoms with Crippen molar-refractivity contribution in [3.05, 3.63) is 38.3 Å². The second kappa shape index (κ2) is 6.70. The number of ether oxygens (including phenoxy) is 1. The molecule has 0 fully saturated rings. The molecule has 1 unspecified atom stereocenters. The lowest BCUT2D eigenvalue weighted by molar-refractivity contribution is -0.385. The maximum Gasteiger partial charge on any atom is 0.324 e. The average molecular weight is 337 g/mol. The Kier molecular flexibility index (Phi) is 5.55. The van der Waals surface area contributed by atoms with Gasteiger partial charge in [-0.25, -0.2) is 0 Å². The van der Waals surface area contributed by atoms with E-state index in [-0.39, 0.29) is 18.7 Å². The molecule has 0 radical (unpaired) electrons. The third kappa shape index (κ3) is 3.96. The third-order valence-electron chi connectivity index (χ3n) is 2.16. The zero-order valence-corrected chi connectivity index (χ0v) is 11.9. The average Bonchev–Trinajstić information content (AvgIpc) is 2.31. The van der Waals surface area contributed by atoms with Gasteiger partial charge in [0.2, 0.25) is 0 Å². The van der Waals surface area contributed by atoms with Crippen LogP contribution in [0.2, 0.25) is 0 Å². The van der Waals surface area contributed by atoms with Crippen molar-refractivity contribution in [1.82, 2.24) is 0 Å². The highest BCUT2D eigenvalue weighted by atomic mass is 79.9. The first-order chi connectivity index (χ1) is 8.45. The van der Waals surface area contributed by atoms with Crippen LogP contribution in [0, 0.1) is 10.1 Å². The maximum atomic E-state index is 11.3. The van der Waals surface area contributed by atoms with Crippen LogP contribution < -0.4 is 0 Å². The van der Waals surface area contributed by atoms with E-state index in [1.54, 1.807) is 19.1 Å². The van der Waals surface area contributed by atoms with Gasteiger partial charge in [-0.05, 0) is 40.9 Å². The summed E-state index contributed by atoms with van der Waals surface area (Å²) in [5.41, 5.74) is 0.554. The second-order valence-corrected chi connectivity index (χ2v) is 4.85. The number of hydrogen-bond acceptors (Lipinski definition) is 4. The Morgan fingerprint density at radius 3 is 2.83 bits per heavy atom. The van der Waals surface area contributed by atoms with E-state index in [1.807, 2.05) is 0 Å². The van der Waals surface area contributed by atoms with Crippen molar-refractivity contribution in [2.24, 2.45) is 0 Å². The molecule has 1 aromatic carbocycles. The predicted molar refractivity (Wildman–Crippen MR) is 70.8 cm³/mol. The Morgan fingerprint density at radius 2 is 2.28 bits per heavy atom. The molecule has 98 valence electrons. The Morgan fingerprint density at radius 1 is 1.61 bits per heavy atom. The molecule has 1 aromatic rings. The van der Waals surface area contributed by atoms with Crippen molar-refractivity contribution in [3.63, 3.8) is 0 Å². The molecule has 0 saturated heterocycles. The van der Waals surface area contributed by atoms with Crippen LogP contribution in [0.4, 0.5) is 5.69 Å². The van der Waals surface area contributed by atoms with Crippen molar-refractivity contribution in [1.29, 1.82) is 0 Å². The lowest BCUT2D eigenvalue weighted by Crippen LogP contribution is -2.20. The number of nitro groups is 1. The van der Waals surface area contributed by atoms with E-state index in [0.29, 0.717) is 10.0 Å². The van der Waals surface area contributed by atoms with Gasteiger partial charge in [0.15, 0.2) is 0 Å². The summed E-state index contributed by atoms with van der Waals surface area (Å²) in [5, 5.41) is 9.91. The number of alkyl halides is 1. The summed E-state index contributed by atoms with van der Waals surface area (Å²) in [7, 11) is 0. The molecular formula is C11H11BrClNO4. The highest BCUT2D eigenvalue weighted by Gasteiger charge is 2.19. The van der Waals surface area contributed by atoms with E-state index in [1.165, 1.54) is 6.07 Å². The minimum Gasteiger partial charge on any atom is -0.465 e. The molecule has 0 saturated carbocycles. The third-order valence-corrected chi connectivity index (χ3v) is 3.17. The molecule has 0 heterocycles. The monoisotopic (exact) mass is 335 g/mol. The van der Waals surface area contributed by atoms with Crippen LogP contribution in [0.3, 0.4) is 0 Å². The van der Waals surface area contributed by atoms with Crippen molar-refractivity contribution in [3.8, 4) is 0 Å². The van der Waals surface area contributed by atoms with Crippen LogP contribution in [-0.4, -0.2) is 22.9 Å². The van der Waals surface area contributed by atoms with Gasteiger partial charge in [0.1, 0.15) is 5.38 Å². The Labute approximate surface area is 117 Å². The highest BCUT2D eigenvalue weighted by molar-refractivity contribution is 9.10. The van der Waals surface area contributed by atoms with Gasteiger partial charge in [0.25, 0.3) is 5.69 Å². The first-order valence-electron chi connectivity index (χ1n) is 5.19. The molecule has 5 nitrogen and oxygen atoms in total. The summed E-state index contributed by atoms with van der Waals surface area (Å²) >= 11 is 8.94. The predicted octanol–water partition coefficient (Wildman–Crippen LogP) is 3.07. The maximum absolute atomic E-state index is 11.3. The number of carbonyl (C=O) groups is 1. The highest BCUT2D eigenvalue weighted by Crippen LogP contribution is 2.26. The van der Waals surface area contributed by atoms with E-state index in [4.69, 9.17) is 16.3 Å². The summed E-state index contributed by atoms with van der Waals surface area (Å²) in [5.74, 6) is -0.523. The van der Waals surface area contributed by atoms with Gasteiger partial charge < -0.3 is 4.74 Å². The van der Waals surface area contributed by atoms with E-state index < -0.39 is 16.3 Å². The van der Waals surface area contributed by atoms with Crippen LogP contribution in [0.15, 0.2) is 22.7 Å². The van der Waals surface area contributed by atoms with E-state index in [0.717, 1.165) is 0 Å². The Bertz CT molecular complexity index is 466. The van der Waals surface area contributed by atoms with Crippen molar-refractivity contribution >= 4 is 39.2 Å². The lowest BCUT2D eigenvalue weighted by atomic mass is 10.1. The first kappa shape index (κ1) is 14.9. The normalized spacial score (nSPS) is 11.9. The fourth-order valence-electron chi connectivity index (χ4n) is 1.35. The molecule has 0 bridgehead atoms. The zero-order valence-electron chi connectivity index (χ0n) is 9.56. The standard InChI is InChI=1S/C11H11BrClNO4/c1-2-18-11(15)9(13)5-7-3-4-8(12)10(6-7)14(16)17/h3-4,6,9H,2,5H2,1H3. The van der Waals surface area contributed by atoms with Gasteiger partial charge in [0, 0.05) is 6.07 Å². The summed E-state index contributed by atoms with van der Waals surface area (Å²) in [4.78, 5) is 21.6. The quantitative estimate of drug-likeness (QED) is 0.358. The van der Waals surface area contributed by atoms with Gasteiger partial charge in [-0.2, -0.15) is 0 Å². The van der Waals surface area contributed by atoms with Gasteiger partial charge in [-0.3, -0.25) is 14.9 Å². The molecule has 0 amide bonds. The molecule has 7 heteroatoms. The van der Waals surface area contributed by atoms with Crippen molar-refractivity contribution in [2.45, 2.75) is 18.7 Å². The molecule has 0 aromatic heterocycles. The first-order valence-corrected chi connectivity index (χ1v) is 6.42. The molecule has 0 aliphatic rings. The van der Waals surface area contributed by atoms with Crippen LogP contribution in [-0.2, 0) is 16.0 Å². The minimum absolute atomic E-state index is 0.0553. The van der Waals surface area contributed by atoms with Gasteiger partial charge in [-0.15, -0.1) is 11.6 Å². The fourth-order valence-corrected chi connectivity index (χ4v) is 1.98. The van der Waals surface area contributed by atoms with Crippen LogP contribution >= 0.6 is 27.5 Å². The van der Waals surface area contributed by atoms with Crippen molar-refractivity contribution < 1.29 is 14.5 Å². The number of esters is 1. The van der Waals surface area contributed by atoms with Crippen molar-refractivity contribution in [2.75, 3.05) is 6.61 Å². The van der Waals surface area contributed by atoms with Crippen LogP contribution in [0.5, 0.6) is 0 Å². The second-order valence-electron chi connectivity index (χ2n) is 3.47. The molecule has 0 N–H and O–H groups in total. The summed E-state index contributed by atoms with van der Waals surface area (Å²) < 4.78 is 5.15. The number of nitrogens with zero attached hydrogens (tertiary/aromatic N) is 1. The molecular weight excluding hydrogens is 325 g/mol. The smallest absolute Gasteiger partial charge is 0.324 e. The molecule has 1 rings (SSSR count). The molecule has 0 aliphatic heterocycles. The van der Waals surface area contributed by atoms with Gasteiger partial charge >= 0.3 is 5.97 Å². The number of halogens is 2. The Balaban J connectivity index is 2.82. The van der Waals surface area contributed by atoms with Crippen LogP contribution in [0.25, 0.3) is 0 Å². The number of benzene rings is 1. The fraction of sp³-hybridized carbons (Fsp3) is 0.364. The van der Waals surface area contributed by atoms with E-state index in [9.17, 15) is 14.9 Å². The number of hydrogen-bond donors (Lipinski definition) is 0. The topological polar surface area (TPSA) is 69.4 Å². The number of nitro benzene ring substituents is 1. The largest absolute Gasteiger partial charge is 0.465 e. The van der Waals surface area contributed by atoms with Gasteiger partial charge in [-0.1, -0.05) is 6.07 Å². The molecule has 0 aliphatic carbocycles. The SMILES string of the molecule is CCOC(=O)C(Cl)Cc1ccc(Br)c([N+](=O)[O-])c1. The minimum atomic E-state index is -0.842. The van der Waals surface area contributed by atoms with E-state index >= 15 is 0 Å². The molecule has 1 atom stereocenters. The van der Waals surface area contributed by atoms with Crippen LogP contribution in [0.1, 0.15) is 12.5 Å². The summed E-state index contributed by atoms with van der Waals surface area (Å²) in [6, 6.07) is 4.62. The van der Waals surface area contributed by atoms with E-state index in [2.05, 4.69) is 15.9 Å². The molecule has 18 heavy (non-hydrogen) atoms. The Hall–Kier alpha value is -1.14. The van der Waals surface area contributed by atoms with Gasteiger partial charge in [0.05, 0.1) is 16.0 Å². The molecule has 0 spiro atoms. The number of carbonyl (C=O) groups excluding carboxylic acids is 1. The summed E-state index contributed by atoms with van der Waals surface area (Å²) in [6.07, 6.45) is 0.189. The zero-order chi connectivity index (χ0) is 13.7. The number of rotatable bonds is 5. The summed E-state index contributed by atoms with van der Waals surface area (Å²) in [6.45, 7) is 1.94.